The Balaban J connectivity index is 1.47. The zero-order valence-corrected chi connectivity index (χ0v) is 12.3. The number of hydrogen-bond donors (Lipinski definition) is 1. The van der Waals surface area contributed by atoms with E-state index in [-0.39, 0.29) is 0 Å². The highest BCUT2D eigenvalue weighted by Gasteiger charge is 2.36. The molecular formula is C17H27NO. The molecule has 2 heteroatoms. The van der Waals surface area contributed by atoms with E-state index in [1.807, 2.05) is 0 Å². The van der Waals surface area contributed by atoms with Gasteiger partial charge in [0.2, 0.25) is 0 Å². The van der Waals surface area contributed by atoms with Gasteiger partial charge in [-0.3, -0.25) is 0 Å². The first-order chi connectivity index (χ1) is 9.24. The van der Waals surface area contributed by atoms with E-state index < -0.39 is 0 Å². The van der Waals surface area contributed by atoms with Gasteiger partial charge in [-0.15, -0.1) is 0 Å². The molecular weight excluding hydrogens is 234 g/mol. The summed E-state index contributed by atoms with van der Waals surface area (Å²) in [5, 5.41) is 3.66. The van der Waals surface area contributed by atoms with Crippen LogP contribution >= 0.6 is 0 Å². The third-order valence-corrected chi connectivity index (χ3v) is 5.11. The molecule has 0 amide bonds. The molecule has 19 heavy (non-hydrogen) atoms. The van der Waals surface area contributed by atoms with E-state index in [4.69, 9.17) is 4.42 Å². The summed E-state index contributed by atoms with van der Waals surface area (Å²) in [4.78, 5) is 0. The summed E-state index contributed by atoms with van der Waals surface area (Å²) in [6.07, 6.45) is 8.37. The molecule has 3 rings (SSSR count). The molecule has 0 saturated heterocycles. The topological polar surface area (TPSA) is 25.2 Å². The van der Waals surface area contributed by atoms with Gasteiger partial charge in [0.15, 0.2) is 0 Å². The molecule has 1 aromatic heterocycles. The summed E-state index contributed by atoms with van der Waals surface area (Å²) < 4.78 is 5.95. The minimum atomic E-state index is 0.619. The molecule has 2 fully saturated rings. The first-order valence-corrected chi connectivity index (χ1v) is 8.06. The molecule has 3 atom stereocenters. The second-order valence-electron chi connectivity index (χ2n) is 6.69. The fourth-order valence-corrected chi connectivity index (χ4v) is 3.47. The lowest BCUT2D eigenvalue weighted by Crippen LogP contribution is -2.34. The number of nitrogens with one attached hydrogen (secondary N) is 1. The molecule has 0 aliphatic heterocycles. The fraction of sp³-hybridized carbons (Fsp3) is 0.765. The third-order valence-electron chi connectivity index (χ3n) is 5.11. The number of hydrogen-bond acceptors (Lipinski definition) is 2. The smallest absolute Gasteiger partial charge is 0.117 e. The van der Waals surface area contributed by atoms with Gasteiger partial charge in [0.25, 0.3) is 0 Å². The Morgan fingerprint density at radius 1 is 1.26 bits per heavy atom. The minimum absolute atomic E-state index is 0.619. The summed E-state index contributed by atoms with van der Waals surface area (Å²) >= 11 is 0. The van der Waals surface area contributed by atoms with Gasteiger partial charge >= 0.3 is 0 Å². The van der Waals surface area contributed by atoms with Crippen LogP contribution < -0.4 is 5.32 Å². The van der Waals surface area contributed by atoms with Crippen molar-refractivity contribution in [3.8, 4) is 0 Å². The van der Waals surface area contributed by atoms with Crippen LogP contribution in [0.2, 0.25) is 0 Å². The summed E-state index contributed by atoms with van der Waals surface area (Å²) in [7, 11) is 0. The van der Waals surface area contributed by atoms with Crippen LogP contribution in [0.15, 0.2) is 16.5 Å². The largest absolute Gasteiger partial charge is 0.464 e. The van der Waals surface area contributed by atoms with Crippen molar-refractivity contribution in [1.82, 2.24) is 5.32 Å². The maximum absolute atomic E-state index is 5.95. The molecule has 1 aromatic rings. The van der Waals surface area contributed by atoms with Crippen LogP contribution in [-0.4, -0.2) is 6.04 Å². The van der Waals surface area contributed by atoms with E-state index in [1.54, 1.807) is 0 Å². The van der Waals surface area contributed by atoms with Gasteiger partial charge in [-0.1, -0.05) is 26.2 Å². The van der Waals surface area contributed by atoms with E-state index in [2.05, 4.69) is 31.3 Å². The molecule has 0 spiro atoms. The molecule has 0 aromatic carbocycles. The Morgan fingerprint density at radius 2 is 2.00 bits per heavy atom. The molecule has 1 N–H and O–H groups in total. The molecule has 2 aliphatic carbocycles. The van der Waals surface area contributed by atoms with Crippen molar-refractivity contribution < 1.29 is 4.42 Å². The van der Waals surface area contributed by atoms with Gasteiger partial charge in [0, 0.05) is 12.0 Å². The Labute approximate surface area is 117 Å². The van der Waals surface area contributed by atoms with Crippen molar-refractivity contribution in [2.45, 2.75) is 70.9 Å². The van der Waals surface area contributed by atoms with E-state index in [0.29, 0.717) is 12.0 Å². The molecule has 1 heterocycles. The third kappa shape index (κ3) is 3.22. The Hall–Kier alpha value is -0.760. The molecule has 3 unspecified atom stereocenters. The van der Waals surface area contributed by atoms with E-state index in [0.717, 1.165) is 24.1 Å². The average Bonchev–Trinajstić information content (AvgIpc) is 3.00. The normalized spacial score (nSPS) is 29.4. The van der Waals surface area contributed by atoms with Crippen LogP contribution in [0.4, 0.5) is 0 Å². The zero-order valence-electron chi connectivity index (χ0n) is 12.3. The van der Waals surface area contributed by atoms with Crippen LogP contribution in [0.3, 0.4) is 0 Å². The van der Waals surface area contributed by atoms with Crippen molar-refractivity contribution in [1.29, 1.82) is 0 Å². The van der Waals surface area contributed by atoms with Crippen LogP contribution in [0.5, 0.6) is 0 Å². The van der Waals surface area contributed by atoms with Crippen molar-refractivity contribution in [2.75, 3.05) is 0 Å². The van der Waals surface area contributed by atoms with E-state index in [9.17, 15) is 0 Å². The Bertz CT molecular complexity index is 405. The Kier molecular flexibility index (Phi) is 3.97. The van der Waals surface area contributed by atoms with Crippen LogP contribution in [0.1, 0.15) is 69.8 Å². The summed E-state index contributed by atoms with van der Waals surface area (Å²) in [5.41, 5.74) is 0. The van der Waals surface area contributed by atoms with Crippen molar-refractivity contribution in [3.05, 3.63) is 23.7 Å². The molecule has 2 nitrogen and oxygen atoms in total. The first kappa shape index (κ1) is 13.2. The summed E-state index contributed by atoms with van der Waals surface area (Å²) in [6.45, 7) is 5.53. The Morgan fingerprint density at radius 3 is 2.68 bits per heavy atom. The van der Waals surface area contributed by atoms with Crippen molar-refractivity contribution >= 4 is 0 Å². The maximum atomic E-state index is 5.95. The molecule has 2 saturated carbocycles. The zero-order chi connectivity index (χ0) is 13.2. The number of rotatable bonds is 5. The molecule has 0 bridgehead atoms. The average molecular weight is 261 g/mol. The second kappa shape index (κ2) is 5.70. The fourth-order valence-electron chi connectivity index (χ4n) is 3.47. The van der Waals surface area contributed by atoms with Gasteiger partial charge in [0.1, 0.15) is 11.5 Å². The lowest BCUT2D eigenvalue weighted by molar-refractivity contribution is 0.275. The van der Waals surface area contributed by atoms with E-state index in [1.165, 1.54) is 44.3 Å². The molecule has 2 aliphatic rings. The highest BCUT2D eigenvalue weighted by Crippen LogP contribution is 2.47. The standard InChI is InChI=1S/C17H27NO/c1-12-10-16(12)17-9-8-15(19-17)11-18-13(2)14-6-4-3-5-7-14/h8-9,12-14,16,18H,3-7,10-11H2,1-2H3. The van der Waals surface area contributed by atoms with Crippen LogP contribution in [-0.2, 0) is 6.54 Å². The van der Waals surface area contributed by atoms with E-state index >= 15 is 0 Å². The lowest BCUT2D eigenvalue weighted by Gasteiger charge is -2.28. The predicted molar refractivity (Wildman–Crippen MR) is 78.1 cm³/mol. The molecule has 0 radical (unpaired) electrons. The van der Waals surface area contributed by atoms with Gasteiger partial charge in [0.05, 0.1) is 6.54 Å². The highest BCUT2D eigenvalue weighted by atomic mass is 16.3. The van der Waals surface area contributed by atoms with Gasteiger partial charge in [-0.2, -0.15) is 0 Å². The van der Waals surface area contributed by atoms with Crippen LogP contribution in [0.25, 0.3) is 0 Å². The quantitative estimate of drug-likeness (QED) is 0.846. The first-order valence-electron chi connectivity index (χ1n) is 8.06. The van der Waals surface area contributed by atoms with Gasteiger partial charge in [-0.05, 0) is 50.2 Å². The minimum Gasteiger partial charge on any atom is -0.464 e. The van der Waals surface area contributed by atoms with Crippen molar-refractivity contribution in [2.24, 2.45) is 11.8 Å². The lowest BCUT2D eigenvalue weighted by atomic mass is 9.84. The van der Waals surface area contributed by atoms with Crippen LogP contribution in [0, 0.1) is 11.8 Å². The summed E-state index contributed by atoms with van der Waals surface area (Å²) in [6, 6.07) is 4.95. The van der Waals surface area contributed by atoms with Crippen molar-refractivity contribution in [3.63, 3.8) is 0 Å². The maximum Gasteiger partial charge on any atom is 0.117 e. The predicted octanol–water partition coefficient (Wildman–Crippen LogP) is 4.46. The molecule has 106 valence electrons. The SMILES string of the molecule is CC1CC1c1ccc(CNC(C)C2CCCCC2)o1. The highest BCUT2D eigenvalue weighted by molar-refractivity contribution is 5.17. The monoisotopic (exact) mass is 261 g/mol. The van der Waals surface area contributed by atoms with Gasteiger partial charge < -0.3 is 9.73 Å². The summed E-state index contributed by atoms with van der Waals surface area (Å²) in [5.74, 6) is 4.70. The van der Waals surface area contributed by atoms with Gasteiger partial charge in [-0.25, -0.2) is 0 Å². The second-order valence-corrected chi connectivity index (χ2v) is 6.69. The number of furan rings is 1.